The summed E-state index contributed by atoms with van der Waals surface area (Å²) in [6.07, 6.45) is 0. The molecule has 0 radical (unpaired) electrons. The largest absolute Gasteiger partial charge is 0.309 e. The molecule has 0 saturated carbocycles. The van der Waals surface area contributed by atoms with Crippen LogP contribution in [0.3, 0.4) is 0 Å². The van der Waals surface area contributed by atoms with Crippen LogP contribution in [0, 0.1) is 0 Å². The van der Waals surface area contributed by atoms with Crippen LogP contribution in [0.25, 0.3) is 66.1 Å². The first-order valence-electron chi connectivity index (χ1n) is 19.3. The van der Waals surface area contributed by atoms with E-state index in [-0.39, 0.29) is 5.04 Å². The lowest BCUT2D eigenvalue weighted by Gasteiger charge is -2.44. The topological polar surface area (TPSA) is 9.86 Å². The lowest BCUT2D eigenvalue weighted by molar-refractivity contribution is 0.739. The third-order valence-corrected chi connectivity index (χ3v) is 17.6. The van der Waals surface area contributed by atoms with Crippen molar-refractivity contribution in [3.63, 3.8) is 0 Å². The second kappa shape index (κ2) is 12.9. The molecule has 2 nitrogen and oxygen atoms in total. The van der Waals surface area contributed by atoms with Gasteiger partial charge in [-0.25, -0.2) is 0 Å². The highest BCUT2D eigenvalue weighted by Gasteiger charge is 2.49. The summed E-state index contributed by atoms with van der Waals surface area (Å²) in [5, 5.41) is 9.34. The van der Waals surface area contributed by atoms with Gasteiger partial charge in [-0.3, -0.25) is 0 Å². The van der Waals surface area contributed by atoms with Gasteiger partial charge in [-0.2, -0.15) is 0 Å². The summed E-state index contributed by atoms with van der Waals surface area (Å²) in [5.74, 6) is 0. The lowest BCUT2D eigenvalue weighted by atomic mass is 10.0. The Kier molecular flexibility index (Phi) is 7.76. The zero-order chi connectivity index (χ0) is 37.1. The van der Waals surface area contributed by atoms with Gasteiger partial charge in [0.2, 0.25) is 0 Å². The number of fused-ring (bicyclic) bond motifs is 6. The molecular formula is C52H42N2Si. The summed E-state index contributed by atoms with van der Waals surface area (Å²) in [6.45, 7) is 7.33. The lowest BCUT2D eigenvalue weighted by Crippen LogP contribution is -2.72. The first-order chi connectivity index (χ1) is 27.0. The van der Waals surface area contributed by atoms with Crippen molar-refractivity contribution in [2.24, 2.45) is 0 Å². The highest BCUT2D eigenvalue weighted by molar-refractivity contribution is 7.13. The molecule has 0 atom stereocenters. The van der Waals surface area contributed by atoms with E-state index in [1.165, 1.54) is 81.7 Å². The number of aromatic nitrogens is 2. The Hall–Kier alpha value is -6.42. The summed E-state index contributed by atoms with van der Waals surface area (Å²) in [7, 11) is -2.56. The van der Waals surface area contributed by atoms with E-state index in [2.05, 4.69) is 230 Å². The maximum absolute atomic E-state index is 2.56. The molecule has 2 aromatic heterocycles. The van der Waals surface area contributed by atoms with Gasteiger partial charge in [0.25, 0.3) is 0 Å². The molecular weight excluding hydrogens is 681 g/mol. The molecule has 0 saturated heterocycles. The van der Waals surface area contributed by atoms with E-state index in [1.54, 1.807) is 0 Å². The van der Waals surface area contributed by atoms with Crippen molar-refractivity contribution in [2.75, 3.05) is 0 Å². The Bertz CT molecular complexity index is 2960. The van der Waals surface area contributed by atoms with Crippen LogP contribution < -0.4 is 15.6 Å². The van der Waals surface area contributed by atoms with Crippen molar-refractivity contribution < 1.29 is 0 Å². The van der Waals surface area contributed by atoms with Crippen LogP contribution in [0.1, 0.15) is 20.8 Å². The molecule has 0 N–H and O–H groups in total. The molecule has 10 aromatic rings. The van der Waals surface area contributed by atoms with Crippen molar-refractivity contribution in [1.82, 2.24) is 9.13 Å². The SMILES string of the molecule is CC(C)(C)[Si](c1ccccc1)(c1ccccc1)c1ccc2c(c1)c1ccccc1n2-c1cccc2c1c1ccccc1n2-c1ccccc1-c1ccccc1. The van der Waals surface area contributed by atoms with Gasteiger partial charge in [-0.15, -0.1) is 0 Å². The molecule has 2 heterocycles. The maximum atomic E-state index is 2.55. The van der Waals surface area contributed by atoms with Gasteiger partial charge in [0.15, 0.2) is 8.07 Å². The monoisotopic (exact) mass is 722 g/mol. The van der Waals surface area contributed by atoms with E-state index in [9.17, 15) is 0 Å². The van der Waals surface area contributed by atoms with E-state index in [0.29, 0.717) is 0 Å². The number of para-hydroxylation sites is 3. The Balaban J connectivity index is 1.28. The van der Waals surface area contributed by atoms with Crippen molar-refractivity contribution in [3.05, 3.63) is 200 Å². The predicted octanol–water partition coefficient (Wildman–Crippen LogP) is 11.8. The quantitative estimate of drug-likeness (QED) is 0.119. The third kappa shape index (κ3) is 5.00. The fourth-order valence-electron chi connectivity index (χ4n) is 9.62. The van der Waals surface area contributed by atoms with Crippen LogP contribution in [0.5, 0.6) is 0 Å². The van der Waals surface area contributed by atoms with Gasteiger partial charge < -0.3 is 9.13 Å². The standard InChI is InChI=1S/C52H42N2Si/c1-52(2,3)55(38-22-9-5-10-23-38,39-24-11-6-12-25-39)40-34-35-48-44(36-40)42-27-14-17-30-46(42)54(48)50-33-19-32-49-51(50)43-28-15-18-31-47(43)53(49)45-29-16-13-26-41(45)37-20-7-4-8-21-37/h4-36H,1-3H3. The van der Waals surface area contributed by atoms with Crippen LogP contribution in [0.4, 0.5) is 0 Å². The minimum absolute atomic E-state index is 0.00871. The van der Waals surface area contributed by atoms with Gasteiger partial charge in [0, 0.05) is 27.1 Å². The van der Waals surface area contributed by atoms with Crippen LogP contribution >= 0.6 is 0 Å². The first kappa shape index (κ1) is 33.2. The molecule has 0 unspecified atom stereocenters. The smallest absolute Gasteiger partial charge is 0.153 e. The molecule has 0 aliphatic carbocycles. The van der Waals surface area contributed by atoms with Gasteiger partial charge in [0.1, 0.15) is 0 Å². The Morgan fingerprint density at radius 1 is 0.364 bits per heavy atom. The molecule has 264 valence electrons. The number of nitrogens with zero attached hydrogens (tertiary/aromatic N) is 2. The fourth-order valence-corrected chi connectivity index (χ4v) is 15.3. The number of hydrogen-bond acceptors (Lipinski definition) is 0. The highest BCUT2D eigenvalue weighted by Crippen LogP contribution is 2.42. The minimum Gasteiger partial charge on any atom is -0.309 e. The molecule has 8 aromatic carbocycles. The van der Waals surface area contributed by atoms with Crippen LogP contribution in [0.15, 0.2) is 200 Å². The normalized spacial score (nSPS) is 12.3. The van der Waals surface area contributed by atoms with Crippen molar-refractivity contribution >= 4 is 67.2 Å². The van der Waals surface area contributed by atoms with Gasteiger partial charge in [-0.1, -0.05) is 185 Å². The van der Waals surface area contributed by atoms with Crippen molar-refractivity contribution in [2.45, 2.75) is 25.8 Å². The predicted molar refractivity (Wildman–Crippen MR) is 238 cm³/mol. The van der Waals surface area contributed by atoms with Crippen molar-refractivity contribution in [1.29, 1.82) is 0 Å². The van der Waals surface area contributed by atoms with Crippen LogP contribution in [0.2, 0.25) is 5.04 Å². The molecule has 0 aliphatic rings. The first-order valence-corrected chi connectivity index (χ1v) is 21.3. The average Bonchev–Trinajstić information content (AvgIpc) is 3.75. The number of rotatable bonds is 6. The summed E-state index contributed by atoms with van der Waals surface area (Å²) in [4.78, 5) is 0. The number of hydrogen-bond donors (Lipinski definition) is 0. The van der Waals surface area contributed by atoms with Crippen LogP contribution in [-0.4, -0.2) is 17.2 Å². The molecule has 0 aliphatic heterocycles. The Labute approximate surface area is 323 Å². The molecule has 0 spiro atoms. The van der Waals surface area contributed by atoms with Gasteiger partial charge in [-0.05, 0) is 62.6 Å². The maximum Gasteiger partial charge on any atom is 0.153 e. The van der Waals surface area contributed by atoms with Crippen LogP contribution in [-0.2, 0) is 0 Å². The average molecular weight is 723 g/mol. The molecule has 3 heteroatoms. The van der Waals surface area contributed by atoms with Gasteiger partial charge in [0.05, 0.1) is 33.4 Å². The zero-order valence-electron chi connectivity index (χ0n) is 31.4. The molecule has 55 heavy (non-hydrogen) atoms. The second-order valence-corrected chi connectivity index (χ2v) is 20.5. The summed E-state index contributed by atoms with van der Waals surface area (Å²) in [6, 6.07) is 74.2. The summed E-state index contributed by atoms with van der Waals surface area (Å²) >= 11 is 0. The number of benzene rings is 8. The Morgan fingerprint density at radius 2 is 0.855 bits per heavy atom. The van der Waals surface area contributed by atoms with E-state index in [1.807, 2.05) is 0 Å². The summed E-state index contributed by atoms with van der Waals surface area (Å²) < 4.78 is 4.98. The van der Waals surface area contributed by atoms with Crippen molar-refractivity contribution in [3.8, 4) is 22.5 Å². The molecule has 0 amide bonds. The Morgan fingerprint density at radius 3 is 1.53 bits per heavy atom. The van der Waals surface area contributed by atoms with E-state index in [4.69, 9.17) is 0 Å². The zero-order valence-corrected chi connectivity index (χ0v) is 32.4. The third-order valence-electron chi connectivity index (χ3n) is 11.8. The van der Waals surface area contributed by atoms with E-state index in [0.717, 1.165) is 0 Å². The fraction of sp³-hybridized carbons (Fsp3) is 0.0769. The van der Waals surface area contributed by atoms with E-state index < -0.39 is 8.07 Å². The highest BCUT2D eigenvalue weighted by atomic mass is 28.3. The summed E-state index contributed by atoms with van der Waals surface area (Å²) in [5.41, 5.74) is 9.61. The minimum atomic E-state index is -2.56. The molecule has 0 bridgehead atoms. The van der Waals surface area contributed by atoms with E-state index >= 15 is 0 Å². The second-order valence-electron chi connectivity index (χ2n) is 15.7. The van der Waals surface area contributed by atoms with Gasteiger partial charge >= 0.3 is 0 Å². The molecule has 10 rings (SSSR count). The molecule has 0 fully saturated rings.